The summed E-state index contributed by atoms with van der Waals surface area (Å²) in [5, 5.41) is 5.89. The summed E-state index contributed by atoms with van der Waals surface area (Å²) in [5.74, 6) is -1.12. The fraction of sp³-hybridized carbons (Fsp3) is 0.435. The average molecular weight is 426 g/mol. The van der Waals surface area contributed by atoms with Crippen LogP contribution in [0, 0.1) is 0 Å². The van der Waals surface area contributed by atoms with Crippen molar-refractivity contribution in [2.75, 3.05) is 26.3 Å². The van der Waals surface area contributed by atoms with Crippen molar-refractivity contribution in [2.45, 2.75) is 37.9 Å². The molecule has 0 bridgehead atoms. The third kappa shape index (κ3) is 5.21. The van der Waals surface area contributed by atoms with Crippen molar-refractivity contribution in [3.8, 4) is 0 Å². The Morgan fingerprint density at radius 2 is 1.58 bits per heavy atom. The zero-order valence-electron chi connectivity index (χ0n) is 17.2. The summed E-state index contributed by atoms with van der Waals surface area (Å²) in [4.78, 5) is 38.5. The summed E-state index contributed by atoms with van der Waals surface area (Å²) in [6, 6.07) is 6.83. The molecule has 4 rings (SSSR count). The number of rotatable bonds is 7. The summed E-state index contributed by atoms with van der Waals surface area (Å²) >= 11 is 0. The molecule has 2 N–H and O–H groups in total. The van der Waals surface area contributed by atoms with E-state index in [-0.39, 0.29) is 28.8 Å². The largest absolute Gasteiger partial charge is 0.463 e. The number of nitrogens with one attached hydrogen (secondary N) is 2. The molecule has 2 aliphatic heterocycles. The van der Waals surface area contributed by atoms with Gasteiger partial charge in [0.2, 0.25) is 0 Å². The molecule has 2 fully saturated rings. The number of benzene rings is 1. The Morgan fingerprint density at radius 3 is 2.16 bits per heavy atom. The highest BCUT2D eigenvalue weighted by Gasteiger charge is 2.24. The van der Waals surface area contributed by atoms with E-state index in [1.54, 1.807) is 24.3 Å². The molecule has 1 aromatic carbocycles. The number of hydrogen-bond donors (Lipinski definition) is 2. The topological polar surface area (TPSA) is 107 Å². The second kappa shape index (κ2) is 9.89. The Labute approximate surface area is 179 Å². The van der Waals surface area contributed by atoms with Gasteiger partial charge in [0.15, 0.2) is 5.43 Å². The third-order valence-electron chi connectivity index (χ3n) is 5.52. The minimum absolute atomic E-state index is 0.0640. The van der Waals surface area contributed by atoms with Gasteiger partial charge < -0.3 is 24.5 Å². The van der Waals surface area contributed by atoms with Crippen molar-refractivity contribution in [1.82, 2.24) is 10.6 Å². The van der Waals surface area contributed by atoms with Crippen LogP contribution in [0.15, 0.2) is 45.3 Å². The van der Waals surface area contributed by atoms with Crippen LogP contribution in [-0.4, -0.2) is 50.3 Å². The Bertz CT molecular complexity index is 998. The number of para-hydroxylation sites is 1. The Kier molecular flexibility index (Phi) is 6.79. The number of hydrogen-bond acceptors (Lipinski definition) is 6. The van der Waals surface area contributed by atoms with E-state index in [2.05, 4.69) is 10.6 Å². The van der Waals surface area contributed by atoms with Crippen LogP contribution in [0.25, 0.3) is 17.0 Å². The van der Waals surface area contributed by atoms with Gasteiger partial charge in [-0.2, -0.15) is 0 Å². The van der Waals surface area contributed by atoms with Crippen molar-refractivity contribution in [1.29, 1.82) is 0 Å². The van der Waals surface area contributed by atoms with Gasteiger partial charge >= 0.3 is 0 Å². The number of carbonyl (C=O) groups excluding carboxylic acids is 2. The van der Waals surface area contributed by atoms with E-state index in [0.717, 1.165) is 25.7 Å². The molecule has 0 radical (unpaired) electrons. The lowest BCUT2D eigenvalue weighted by Gasteiger charge is -2.14. The predicted molar refractivity (Wildman–Crippen MR) is 114 cm³/mol. The number of amides is 2. The van der Waals surface area contributed by atoms with Gasteiger partial charge in [-0.1, -0.05) is 12.1 Å². The number of carbonyl (C=O) groups is 2. The molecule has 3 heterocycles. The second-order valence-electron chi connectivity index (χ2n) is 7.76. The highest BCUT2D eigenvalue weighted by atomic mass is 16.5. The van der Waals surface area contributed by atoms with Crippen molar-refractivity contribution in [3.05, 3.63) is 51.9 Å². The first kappa shape index (κ1) is 21.3. The van der Waals surface area contributed by atoms with Gasteiger partial charge in [0.05, 0.1) is 23.2 Å². The first-order chi connectivity index (χ1) is 15.1. The van der Waals surface area contributed by atoms with Crippen LogP contribution in [0.5, 0.6) is 0 Å². The zero-order chi connectivity index (χ0) is 21.6. The Morgan fingerprint density at radius 1 is 0.968 bits per heavy atom. The van der Waals surface area contributed by atoms with Gasteiger partial charge in [0.25, 0.3) is 11.8 Å². The van der Waals surface area contributed by atoms with Crippen LogP contribution in [0.2, 0.25) is 0 Å². The van der Waals surface area contributed by atoms with E-state index in [9.17, 15) is 14.4 Å². The monoisotopic (exact) mass is 426 g/mol. The summed E-state index contributed by atoms with van der Waals surface area (Å²) in [6.45, 7) is 1.95. The summed E-state index contributed by atoms with van der Waals surface area (Å²) in [6.07, 6.45) is 6.04. The molecule has 0 aliphatic carbocycles. The lowest BCUT2D eigenvalue weighted by atomic mass is 10.1. The molecule has 8 nitrogen and oxygen atoms in total. The SMILES string of the molecule is O=C(NCC1CCCO1)C(=Cc1coc2ccccc2c1=O)C(=O)NCC1CCCO1. The highest BCUT2D eigenvalue weighted by Crippen LogP contribution is 2.15. The molecule has 164 valence electrons. The summed E-state index contributed by atoms with van der Waals surface area (Å²) in [5.41, 5.74) is 0.113. The lowest BCUT2D eigenvalue weighted by molar-refractivity contribution is -0.124. The highest BCUT2D eigenvalue weighted by molar-refractivity contribution is 6.21. The Hall–Kier alpha value is -2.97. The van der Waals surface area contributed by atoms with Gasteiger partial charge in [0.1, 0.15) is 17.4 Å². The molecule has 0 saturated carbocycles. The smallest absolute Gasteiger partial charge is 0.256 e. The molecule has 0 spiro atoms. The van der Waals surface area contributed by atoms with Crippen molar-refractivity contribution in [3.63, 3.8) is 0 Å². The maximum atomic E-state index is 12.9. The molecule has 31 heavy (non-hydrogen) atoms. The van der Waals surface area contributed by atoms with Crippen LogP contribution in [0.4, 0.5) is 0 Å². The summed E-state index contributed by atoms with van der Waals surface area (Å²) < 4.78 is 16.6. The third-order valence-corrected chi connectivity index (χ3v) is 5.52. The van der Waals surface area contributed by atoms with E-state index in [1.165, 1.54) is 12.3 Å². The standard InChI is InChI=1S/C23H26N2O6/c26-21-15(14-31-20-8-2-1-7-18(20)21)11-19(22(27)24-12-16-5-3-9-29-16)23(28)25-13-17-6-4-10-30-17/h1-2,7-8,11,14,16-17H,3-6,9-10,12-13H2,(H,24,27)(H,25,28). The molecule has 2 aliphatic rings. The molecular weight excluding hydrogens is 400 g/mol. The fourth-order valence-corrected chi connectivity index (χ4v) is 3.80. The molecule has 2 aromatic rings. The fourth-order valence-electron chi connectivity index (χ4n) is 3.80. The second-order valence-corrected chi connectivity index (χ2v) is 7.76. The van der Waals surface area contributed by atoms with Gasteiger partial charge in [0, 0.05) is 26.3 Å². The van der Waals surface area contributed by atoms with Crippen LogP contribution in [-0.2, 0) is 19.1 Å². The van der Waals surface area contributed by atoms with Gasteiger partial charge in [-0.15, -0.1) is 0 Å². The van der Waals surface area contributed by atoms with Crippen molar-refractivity contribution in [2.24, 2.45) is 0 Å². The maximum Gasteiger partial charge on any atom is 0.256 e. The van der Waals surface area contributed by atoms with Crippen LogP contribution in [0.3, 0.4) is 0 Å². The number of ether oxygens (including phenoxy) is 2. The Balaban J connectivity index is 1.57. The minimum atomic E-state index is -0.562. The molecule has 2 amide bonds. The molecule has 2 saturated heterocycles. The first-order valence-electron chi connectivity index (χ1n) is 10.6. The van der Waals surface area contributed by atoms with E-state index < -0.39 is 11.8 Å². The van der Waals surface area contributed by atoms with Crippen LogP contribution in [0.1, 0.15) is 31.2 Å². The van der Waals surface area contributed by atoms with Crippen molar-refractivity contribution < 1.29 is 23.5 Å². The quantitative estimate of drug-likeness (QED) is 0.397. The minimum Gasteiger partial charge on any atom is -0.463 e. The lowest BCUT2D eigenvalue weighted by Crippen LogP contribution is -2.40. The van der Waals surface area contributed by atoms with E-state index in [0.29, 0.717) is 37.3 Å². The van der Waals surface area contributed by atoms with E-state index >= 15 is 0 Å². The van der Waals surface area contributed by atoms with E-state index in [1.807, 2.05) is 0 Å². The average Bonchev–Trinajstić information content (AvgIpc) is 3.50. The molecular formula is C23H26N2O6. The molecule has 1 aromatic heterocycles. The first-order valence-corrected chi connectivity index (χ1v) is 10.6. The van der Waals surface area contributed by atoms with Crippen LogP contribution < -0.4 is 16.1 Å². The zero-order valence-corrected chi connectivity index (χ0v) is 17.2. The van der Waals surface area contributed by atoms with Crippen molar-refractivity contribution >= 4 is 28.9 Å². The van der Waals surface area contributed by atoms with Gasteiger partial charge in [-0.25, -0.2) is 0 Å². The van der Waals surface area contributed by atoms with Crippen LogP contribution >= 0.6 is 0 Å². The number of fused-ring (bicyclic) bond motifs is 1. The molecule has 2 atom stereocenters. The van der Waals surface area contributed by atoms with E-state index in [4.69, 9.17) is 13.9 Å². The van der Waals surface area contributed by atoms with Gasteiger partial charge in [-0.05, 0) is 43.9 Å². The van der Waals surface area contributed by atoms with Gasteiger partial charge in [-0.3, -0.25) is 14.4 Å². The normalized spacial score (nSPS) is 20.5. The predicted octanol–water partition coefficient (Wildman–Crippen LogP) is 1.77. The molecule has 2 unspecified atom stereocenters. The maximum absolute atomic E-state index is 12.9. The summed E-state index contributed by atoms with van der Waals surface area (Å²) in [7, 11) is 0. The molecule has 8 heteroatoms.